The first-order chi connectivity index (χ1) is 10.0. The van der Waals surface area contributed by atoms with Crippen LogP contribution in [0.2, 0.25) is 0 Å². The molecule has 116 valence electrons. The van der Waals surface area contributed by atoms with Crippen molar-refractivity contribution < 1.29 is 9.18 Å². The molecule has 0 unspecified atom stereocenters. The molecule has 0 saturated carbocycles. The van der Waals surface area contributed by atoms with E-state index >= 15 is 0 Å². The molecule has 1 aromatic rings. The van der Waals surface area contributed by atoms with Gasteiger partial charge in [-0.25, -0.2) is 4.39 Å². The molecule has 0 aliphatic carbocycles. The highest BCUT2D eigenvalue weighted by atomic mass is 19.1. The van der Waals surface area contributed by atoms with E-state index in [-0.39, 0.29) is 17.6 Å². The number of hydrogen-bond acceptors (Lipinski definition) is 3. The molecule has 1 aliphatic rings. The van der Waals surface area contributed by atoms with Crippen molar-refractivity contribution in [2.75, 3.05) is 32.4 Å². The van der Waals surface area contributed by atoms with Gasteiger partial charge in [-0.2, -0.15) is 0 Å². The number of rotatable bonds is 4. The third-order valence-electron chi connectivity index (χ3n) is 4.21. The van der Waals surface area contributed by atoms with E-state index < -0.39 is 5.82 Å². The van der Waals surface area contributed by atoms with Crippen LogP contribution >= 0.6 is 0 Å². The number of piperidine rings is 1. The van der Waals surface area contributed by atoms with Gasteiger partial charge in [0.2, 0.25) is 0 Å². The summed E-state index contributed by atoms with van der Waals surface area (Å²) < 4.78 is 13.1. The molecular formula is C16H24FN3O. The van der Waals surface area contributed by atoms with Gasteiger partial charge in [0.25, 0.3) is 5.91 Å². The maximum atomic E-state index is 13.1. The first-order valence-corrected chi connectivity index (χ1v) is 7.57. The van der Waals surface area contributed by atoms with Gasteiger partial charge in [-0.05, 0) is 44.0 Å². The van der Waals surface area contributed by atoms with Crippen LogP contribution in [-0.4, -0.2) is 48.4 Å². The predicted molar refractivity (Wildman–Crippen MR) is 82.7 cm³/mol. The largest absolute Gasteiger partial charge is 0.398 e. The van der Waals surface area contributed by atoms with Crippen LogP contribution in [0.5, 0.6) is 0 Å². The molecule has 0 aromatic heterocycles. The first kappa shape index (κ1) is 15.8. The summed E-state index contributed by atoms with van der Waals surface area (Å²) in [5, 5.41) is 0. The number of halogens is 1. The molecule has 2 N–H and O–H groups in total. The van der Waals surface area contributed by atoms with Crippen molar-refractivity contribution in [2.24, 2.45) is 0 Å². The molecule has 1 fully saturated rings. The van der Waals surface area contributed by atoms with Gasteiger partial charge in [-0.3, -0.25) is 4.79 Å². The first-order valence-electron chi connectivity index (χ1n) is 7.57. The molecule has 1 saturated heterocycles. The summed E-state index contributed by atoms with van der Waals surface area (Å²) in [6.45, 7) is 5.35. The summed E-state index contributed by atoms with van der Waals surface area (Å²) in [5.41, 5.74) is 6.34. The lowest BCUT2D eigenvalue weighted by molar-refractivity contribution is 0.0643. The Morgan fingerprint density at radius 2 is 2.10 bits per heavy atom. The van der Waals surface area contributed by atoms with Crippen LogP contribution in [0, 0.1) is 5.82 Å². The van der Waals surface area contributed by atoms with E-state index in [9.17, 15) is 9.18 Å². The highest BCUT2D eigenvalue weighted by molar-refractivity contribution is 5.99. The number of carbonyl (C=O) groups excluding carboxylic acids is 1. The maximum absolute atomic E-state index is 13.1. The Hall–Kier alpha value is -1.62. The topological polar surface area (TPSA) is 49.6 Å². The lowest BCUT2D eigenvalue weighted by Gasteiger charge is -2.36. The third-order valence-corrected chi connectivity index (χ3v) is 4.21. The SMILES string of the molecule is CCCN1CCC(N(C)C(=O)c2ccc(F)cc2N)CC1. The standard InChI is InChI=1S/C16H24FN3O/c1-3-8-20-9-6-13(7-10-20)19(2)16(21)14-5-4-12(17)11-15(14)18/h4-5,11,13H,3,6-10,18H2,1-2H3. The number of amides is 1. The van der Waals surface area contributed by atoms with Crippen molar-refractivity contribution >= 4 is 11.6 Å². The second-order valence-corrected chi connectivity index (χ2v) is 5.72. The van der Waals surface area contributed by atoms with Crippen molar-refractivity contribution in [3.8, 4) is 0 Å². The van der Waals surface area contributed by atoms with E-state index in [2.05, 4.69) is 11.8 Å². The average molecular weight is 293 g/mol. The van der Waals surface area contributed by atoms with Crippen molar-refractivity contribution in [3.63, 3.8) is 0 Å². The lowest BCUT2D eigenvalue weighted by atomic mass is 10.0. The molecular weight excluding hydrogens is 269 g/mol. The fraction of sp³-hybridized carbons (Fsp3) is 0.562. The highest BCUT2D eigenvalue weighted by Gasteiger charge is 2.26. The summed E-state index contributed by atoms with van der Waals surface area (Å²) in [7, 11) is 1.81. The Bertz CT molecular complexity index is 498. The normalized spacial score (nSPS) is 16.9. The third kappa shape index (κ3) is 3.73. The minimum atomic E-state index is -0.417. The van der Waals surface area contributed by atoms with Crippen LogP contribution < -0.4 is 5.73 Å². The highest BCUT2D eigenvalue weighted by Crippen LogP contribution is 2.21. The monoisotopic (exact) mass is 293 g/mol. The Balaban J connectivity index is 2.00. The van der Waals surface area contributed by atoms with Gasteiger partial charge in [0.05, 0.1) is 5.56 Å². The van der Waals surface area contributed by atoms with Crippen LogP contribution in [0.3, 0.4) is 0 Å². The molecule has 4 nitrogen and oxygen atoms in total. The lowest BCUT2D eigenvalue weighted by Crippen LogP contribution is -2.45. The van der Waals surface area contributed by atoms with E-state index in [4.69, 9.17) is 5.73 Å². The summed E-state index contributed by atoms with van der Waals surface area (Å²) >= 11 is 0. The van der Waals surface area contributed by atoms with E-state index in [1.807, 2.05) is 7.05 Å². The van der Waals surface area contributed by atoms with Crippen LogP contribution in [-0.2, 0) is 0 Å². The Morgan fingerprint density at radius 1 is 1.43 bits per heavy atom. The summed E-state index contributed by atoms with van der Waals surface area (Å²) in [6, 6.07) is 4.18. The van der Waals surface area contributed by atoms with Gasteiger partial charge in [0, 0.05) is 31.9 Å². The second-order valence-electron chi connectivity index (χ2n) is 5.72. The molecule has 5 heteroatoms. The zero-order valence-electron chi connectivity index (χ0n) is 12.8. The van der Waals surface area contributed by atoms with E-state index in [0.717, 1.165) is 38.9 Å². The van der Waals surface area contributed by atoms with Gasteiger partial charge in [-0.1, -0.05) is 6.92 Å². The van der Waals surface area contributed by atoms with Gasteiger partial charge < -0.3 is 15.5 Å². The number of hydrogen-bond donors (Lipinski definition) is 1. The number of nitrogens with zero attached hydrogens (tertiary/aromatic N) is 2. The van der Waals surface area contributed by atoms with E-state index in [1.165, 1.54) is 18.2 Å². The van der Waals surface area contributed by atoms with Crippen LogP contribution in [0.25, 0.3) is 0 Å². The molecule has 1 heterocycles. The molecule has 0 spiro atoms. The number of carbonyl (C=O) groups is 1. The van der Waals surface area contributed by atoms with Crippen LogP contribution in [0.4, 0.5) is 10.1 Å². The second kappa shape index (κ2) is 6.89. The zero-order chi connectivity index (χ0) is 15.4. The van der Waals surface area contributed by atoms with Gasteiger partial charge in [0.1, 0.15) is 5.82 Å². The molecule has 0 bridgehead atoms. The Morgan fingerprint density at radius 3 is 2.67 bits per heavy atom. The number of nitrogens with two attached hydrogens (primary N) is 1. The van der Waals surface area contributed by atoms with Crippen molar-refractivity contribution in [2.45, 2.75) is 32.2 Å². The molecule has 1 aromatic carbocycles. The maximum Gasteiger partial charge on any atom is 0.255 e. The van der Waals surface area contributed by atoms with Crippen LogP contribution in [0.15, 0.2) is 18.2 Å². The zero-order valence-corrected chi connectivity index (χ0v) is 12.8. The van der Waals surface area contributed by atoms with Gasteiger partial charge in [0.15, 0.2) is 0 Å². The van der Waals surface area contributed by atoms with Gasteiger partial charge >= 0.3 is 0 Å². The number of anilines is 1. The number of benzene rings is 1. The smallest absolute Gasteiger partial charge is 0.255 e. The van der Waals surface area contributed by atoms with Gasteiger partial charge in [-0.15, -0.1) is 0 Å². The number of nitrogen functional groups attached to an aromatic ring is 1. The van der Waals surface area contributed by atoms with Crippen molar-refractivity contribution in [1.29, 1.82) is 0 Å². The molecule has 21 heavy (non-hydrogen) atoms. The Labute approximate surface area is 125 Å². The fourth-order valence-electron chi connectivity index (χ4n) is 2.93. The number of likely N-dealkylation sites (tertiary alicyclic amines) is 1. The minimum absolute atomic E-state index is 0.124. The summed E-state index contributed by atoms with van der Waals surface area (Å²) in [6.07, 6.45) is 3.11. The molecule has 1 amide bonds. The van der Waals surface area contributed by atoms with Crippen molar-refractivity contribution in [1.82, 2.24) is 9.80 Å². The van der Waals surface area contributed by atoms with Crippen LogP contribution in [0.1, 0.15) is 36.5 Å². The molecule has 2 rings (SSSR count). The van der Waals surface area contributed by atoms with Crippen molar-refractivity contribution in [3.05, 3.63) is 29.6 Å². The average Bonchev–Trinajstić information content (AvgIpc) is 2.47. The summed E-state index contributed by atoms with van der Waals surface area (Å²) in [5.74, 6) is -0.541. The Kier molecular flexibility index (Phi) is 5.17. The molecule has 0 atom stereocenters. The molecule has 0 radical (unpaired) electrons. The summed E-state index contributed by atoms with van der Waals surface area (Å²) in [4.78, 5) is 16.7. The van der Waals surface area contributed by atoms with E-state index in [0.29, 0.717) is 5.56 Å². The fourth-order valence-corrected chi connectivity index (χ4v) is 2.93. The van der Waals surface area contributed by atoms with E-state index in [1.54, 1.807) is 4.90 Å². The molecule has 1 aliphatic heterocycles. The predicted octanol–water partition coefficient (Wildman–Crippen LogP) is 2.35. The quantitative estimate of drug-likeness (QED) is 0.867. The minimum Gasteiger partial charge on any atom is -0.398 e.